The lowest BCUT2D eigenvalue weighted by Crippen LogP contribution is -2.17. The van der Waals surface area contributed by atoms with Crippen molar-refractivity contribution in [2.24, 2.45) is 5.92 Å². The molecule has 1 aromatic rings. The highest BCUT2D eigenvalue weighted by Gasteiger charge is 2.19. The quantitative estimate of drug-likeness (QED) is 0.816. The maximum absolute atomic E-state index is 9.05. The summed E-state index contributed by atoms with van der Waals surface area (Å²) in [4.78, 5) is 4.14. The Labute approximate surface area is 86.1 Å². The van der Waals surface area contributed by atoms with Crippen LogP contribution in [0.3, 0.4) is 0 Å². The van der Waals surface area contributed by atoms with Crippen LogP contribution in [0.4, 0.5) is 0 Å². The normalized spacial score (nSPS) is 21.2. The van der Waals surface area contributed by atoms with E-state index in [0.717, 1.165) is 23.7 Å². The molecular weight excluding hydrogens is 230 g/mol. The third-order valence-electron chi connectivity index (χ3n) is 2.66. The molecule has 1 N–H and O–H groups in total. The molecule has 1 aromatic heterocycles. The van der Waals surface area contributed by atoms with Gasteiger partial charge in [-0.3, -0.25) is 4.98 Å². The number of nitrogens with zero attached hydrogens (tertiary/aromatic N) is 1. The summed E-state index contributed by atoms with van der Waals surface area (Å²) >= 11 is 3.50. The van der Waals surface area contributed by atoms with E-state index < -0.39 is 0 Å². The molecule has 0 bridgehead atoms. The van der Waals surface area contributed by atoms with Gasteiger partial charge in [-0.2, -0.15) is 0 Å². The summed E-state index contributed by atoms with van der Waals surface area (Å²) in [6.07, 6.45) is 6.88. The first-order chi connectivity index (χ1) is 6.31. The maximum Gasteiger partial charge on any atom is 0.0462 e. The topological polar surface area (TPSA) is 33.1 Å². The molecule has 1 atom stereocenters. The molecule has 0 aromatic carbocycles. The van der Waals surface area contributed by atoms with Crippen LogP contribution < -0.4 is 0 Å². The van der Waals surface area contributed by atoms with Crippen LogP contribution in [0.25, 0.3) is 0 Å². The minimum absolute atomic E-state index is 0.298. The fraction of sp³-hybridized carbons (Fsp3) is 0.500. The molecule has 0 saturated carbocycles. The van der Waals surface area contributed by atoms with Crippen molar-refractivity contribution in [1.29, 1.82) is 0 Å². The van der Waals surface area contributed by atoms with E-state index in [0.29, 0.717) is 12.5 Å². The van der Waals surface area contributed by atoms with E-state index in [9.17, 15) is 0 Å². The largest absolute Gasteiger partial charge is 0.396 e. The lowest BCUT2D eigenvalue weighted by Gasteiger charge is -2.23. The monoisotopic (exact) mass is 241 g/mol. The van der Waals surface area contributed by atoms with Crippen LogP contribution >= 0.6 is 15.9 Å². The zero-order valence-electron chi connectivity index (χ0n) is 7.33. The van der Waals surface area contributed by atoms with Crippen LogP contribution in [0.1, 0.15) is 17.5 Å². The van der Waals surface area contributed by atoms with E-state index in [2.05, 4.69) is 20.9 Å². The van der Waals surface area contributed by atoms with E-state index in [4.69, 9.17) is 5.11 Å². The number of rotatable bonds is 1. The van der Waals surface area contributed by atoms with Gasteiger partial charge in [0.1, 0.15) is 0 Å². The number of hydrogen-bond donors (Lipinski definition) is 1. The van der Waals surface area contributed by atoms with Gasteiger partial charge in [0, 0.05) is 23.5 Å². The summed E-state index contributed by atoms with van der Waals surface area (Å²) in [5, 5.41) is 9.05. The van der Waals surface area contributed by atoms with Gasteiger partial charge in [0.2, 0.25) is 0 Å². The summed E-state index contributed by atoms with van der Waals surface area (Å²) in [5.74, 6) is 0.434. The molecule has 0 amide bonds. The fourth-order valence-corrected chi connectivity index (χ4v) is 2.45. The average molecular weight is 242 g/mol. The van der Waals surface area contributed by atoms with E-state index in [1.807, 2.05) is 12.4 Å². The van der Waals surface area contributed by atoms with Gasteiger partial charge >= 0.3 is 0 Å². The van der Waals surface area contributed by atoms with Crippen LogP contribution in [0.15, 0.2) is 16.9 Å². The molecule has 1 aliphatic carbocycles. The number of hydrogen-bond acceptors (Lipinski definition) is 2. The van der Waals surface area contributed by atoms with Crippen LogP contribution in [-0.4, -0.2) is 16.7 Å². The summed E-state index contributed by atoms with van der Waals surface area (Å²) in [6, 6.07) is 0. The van der Waals surface area contributed by atoms with Crippen molar-refractivity contribution in [3.63, 3.8) is 0 Å². The maximum atomic E-state index is 9.05. The van der Waals surface area contributed by atoms with Gasteiger partial charge in [-0.15, -0.1) is 0 Å². The number of aromatic nitrogens is 1. The molecule has 0 saturated heterocycles. The molecule has 70 valence electrons. The number of fused-ring (bicyclic) bond motifs is 1. The van der Waals surface area contributed by atoms with Crippen molar-refractivity contribution in [2.75, 3.05) is 6.61 Å². The van der Waals surface area contributed by atoms with Crippen LogP contribution in [0.5, 0.6) is 0 Å². The van der Waals surface area contributed by atoms with Gasteiger partial charge < -0.3 is 5.11 Å². The van der Waals surface area contributed by atoms with Crippen LogP contribution in [-0.2, 0) is 12.8 Å². The third-order valence-corrected chi connectivity index (χ3v) is 3.35. The van der Waals surface area contributed by atoms with Gasteiger partial charge in [0.25, 0.3) is 0 Å². The minimum Gasteiger partial charge on any atom is -0.396 e. The smallest absolute Gasteiger partial charge is 0.0462 e. The highest BCUT2D eigenvalue weighted by atomic mass is 79.9. The van der Waals surface area contributed by atoms with E-state index in [-0.39, 0.29) is 0 Å². The van der Waals surface area contributed by atoms with Gasteiger partial charge in [-0.05, 0) is 52.2 Å². The first-order valence-corrected chi connectivity index (χ1v) is 5.32. The Bertz CT molecular complexity index is 314. The Balaban J connectivity index is 2.31. The van der Waals surface area contributed by atoms with Crippen molar-refractivity contribution in [3.8, 4) is 0 Å². The van der Waals surface area contributed by atoms with Crippen LogP contribution in [0.2, 0.25) is 0 Å². The zero-order valence-corrected chi connectivity index (χ0v) is 8.92. The second-order valence-electron chi connectivity index (χ2n) is 3.55. The molecule has 3 heteroatoms. The zero-order chi connectivity index (χ0) is 9.26. The molecule has 1 heterocycles. The van der Waals surface area contributed by atoms with Crippen molar-refractivity contribution in [1.82, 2.24) is 4.98 Å². The first kappa shape index (κ1) is 9.16. The number of aliphatic hydroxyl groups excluding tert-OH is 1. The fourth-order valence-electron chi connectivity index (χ4n) is 1.88. The highest BCUT2D eigenvalue weighted by molar-refractivity contribution is 9.10. The Kier molecular flexibility index (Phi) is 2.65. The van der Waals surface area contributed by atoms with Crippen molar-refractivity contribution in [3.05, 3.63) is 28.0 Å². The average Bonchev–Trinajstić information content (AvgIpc) is 2.18. The lowest BCUT2D eigenvalue weighted by atomic mass is 9.85. The van der Waals surface area contributed by atoms with E-state index in [1.165, 1.54) is 11.1 Å². The number of aliphatic hydroxyl groups is 1. The molecular formula is C10H12BrNO. The van der Waals surface area contributed by atoms with E-state index in [1.54, 1.807) is 0 Å². The second-order valence-corrected chi connectivity index (χ2v) is 4.40. The minimum atomic E-state index is 0.298. The first-order valence-electron chi connectivity index (χ1n) is 4.53. The summed E-state index contributed by atoms with van der Waals surface area (Å²) in [6.45, 7) is 0.298. The highest BCUT2D eigenvalue weighted by Crippen LogP contribution is 2.29. The molecule has 2 rings (SSSR count). The molecule has 1 aliphatic rings. The van der Waals surface area contributed by atoms with Crippen molar-refractivity contribution < 1.29 is 5.11 Å². The predicted molar refractivity (Wildman–Crippen MR) is 54.5 cm³/mol. The van der Waals surface area contributed by atoms with Crippen molar-refractivity contribution >= 4 is 15.9 Å². The molecule has 0 radical (unpaired) electrons. The van der Waals surface area contributed by atoms with Gasteiger partial charge in [-0.1, -0.05) is 0 Å². The standard InChI is InChI=1S/C10H12BrNO/c11-10-5-12-4-8-3-7(6-13)1-2-9(8)10/h4-5,7,13H,1-3,6H2. The summed E-state index contributed by atoms with van der Waals surface area (Å²) < 4.78 is 1.11. The molecule has 13 heavy (non-hydrogen) atoms. The molecule has 0 aliphatic heterocycles. The third kappa shape index (κ3) is 1.76. The van der Waals surface area contributed by atoms with Crippen molar-refractivity contribution in [2.45, 2.75) is 19.3 Å². The van der Waals surface area contributed by atoms with E-state index >= 15 is 0 Å². The summed E-state index contributed by atoms with van der Waals surface area (Å²) in [5.41, 5.74) is 2.67. The molecule has 1 unspecified atom stereocenters. The Hall–Kier alpha value is -0.410. The second kappa shape index (κ2) is 3.76. The van der Waals surface area contributed by atoms with Gasteiger partial charge in [-0.25, -0.2) is 0 Å². The lowest BCUT2D eigenvalue weighted by molar-refractivity contribution is 0.213. The molecule has 0 spiro atoms. The van der Waals surface area contributed by atoms with Gasteiger partial charge in [0.05, 0.1) is 0 Å². The Morgan fingerprint density at radius 1 is 1.54 bits per heavy atom. The van der Waals surface area contributed by atoms with Crippen LogP contribution in [0, 0.1) is 5.92 Å². The van der Waals surface area contributed by atoms with Gasteiger partial charge in [0.15, 0.2) is 0 Å². The summed E-state index contributed by atoms with van der Waals surface area (Å²) in [7, 11) is 0. The predicted octanol–water partition coefficient (Wildman–Crippen LogP) is 1.94. The molecule has 2 nitrogen and oxygen atoms in total. The Morgan fingerprint density at radius 2 is 2.38 bits per heavy atom. The SMILES string of the molecule is OCC1CCc2c(Br)cncc2C1. The number of halogens is 1. The molecule has 0 fully saturated rings. The Morgan fingerprint density at radius 3 is 3.15 bits per heavy atom. The number of pyridine rings is 1.